The van der Waals surface area contributed by atoms with Crippen molar-refractivity contribution in [3.63, 3.8) is 0 Å². The molecule has 0 bridgehead atoms. The molecule has 1 aromatic carbocycles. The van der Waals surface area contributed by atoms with Crippen molar-refractivity contribution in [2.75, 3.05) is 18.5 Å². The van der Waals surface area contributed by atoms with Crippen molar-refractivity contribution < 1.29 is 4.79 Å². The Hall–Kier alpha value is -1.86. The summed E-state index contributed by atoms with van der Waals surface area (Å²) in [5, 5.41) is 8.97. The van der Waals surface area contributed by atoms with Crippen LogP contribution in [0.15, 0.2) is 18.2 Å². The van der Waals surface area contributed by atoms with Gasteiger partial charge in [-0.3, -0.25) is 9.69 Å². The van der Waals surface area contributed by atoms with Crippen molar-refractivity contribution in [2.45, 2.75) is 25.4 Å². The van der Waals surface area contributed by atoms with Crippen molar-refractivity contribution in [3.8, 4) is 6.07 Å². The quantitative estimate of drug-likeness (QED) is 0.691. The third-order valence-electron chi connectivity index (χ3n) is 3.92. The smallest absolute Gasteiger partial charge is 0.244 e. The van der Waals surface area contributed by atoms with E-state index in [1.54, 1.807) is 11.0 Å². The molecule has 4 heteroatoms. The number of fused-ring (bicyclic) bond motifs is 2. The summed E-state index contributed by atoms with van der Waals surface area (Å²) < 4.78 is 0. The van der Waals surface area contributed by atoms with E-state index in [0.29, 0.717) is 5.56 Å². The fraction of sp³-hybridized carbons (Fsp3) is 0.429. The molecular weight excluding hydrogens is 226 g/mol. The largest absolute Gasteiger partial charge is 0.314 e. The molecule has 18 heavy (non-hydrogen) atoms. The molecule has 0 radical (unpaired) electrons. The van der Waals surface area contributed by atoms with E-state index in [0.717, 1.165) is 37.2 Å². The van der Waals surface area contributed by atoms with Crippen LogP contribution in [0.2, 0.25) is 0 Å². The summed E-state index contributed by atoms with van der Waals surface area (Å²) in [5.74, 6) is 0.177. The van der Waals surface area contributed by atoms with Crippen molar-refractivity contribution in [1.29, 1.82) is 5.26 Å². The van der Waals surface area contributed by atoms with Crippen molar-refractivity contribution in [3.05, 3.63) is 29.3 Å². The Morgan fingerprint density at radius 1 is 1.44 bits per heavy atom. The average Bonchev–Trinajstić information content (AvgIpc) is 2.81. The van der Waals surface area contributed by atoms with Gasteiger partial charge in [0.15, 0.2) is 0 Å². The van der Waals surface area contributed by atoms with Crippen LogP contribution < -0.4 is 4.90 Å². The number of carbonyl (C=O) groups excluding carboxylic acids is 1. The van der Waals surface area contributed by atoms with Gasteiger partial charge in [-0.1, -0.05) is 0 Å². The van der Waals surface area contributed by atoms with Gasteiger partial charge in [0.1, 0.15) is 0 Å². The standard InChI is InChI=1S/C14H15N3O/c1-16-12-5-4-10(8-15)7-11(12)9-17-6-2-3-13(17)14(16)18/h4-5,7,13H,2-3,6,9H2,1H3. The highest BCUT2D eigenvalue weighted by molar-refractivity contribution is 5.98. The molecule has 0 aliphatic carbocycles. The fourth-order valence-corrected chi connectivity index (χ4v) is 2.97. The zero-order valence-corrected chi connectivity index (χ0v) is 10.4. The van der Waals surface area contributed by atoms with Gasteiger partial charge in [-0.15, -0.1) is 0 Å². The molecule has 0 N–H and O–H groups in total. The lowest BCUT2D eigenvalue weighted by atomic mass is 10.1. The van der Waals surface area contributed by atoms with Gasteiger partial charge < -0.3 is 4.90 Å². The number of benzene rings is 1. The third-order valence-corrected chi connectivity index (χ3v) is 3.92. The predicted molar refractivity (Wildman–Crippen MR) is 68.0 cm³/mol. The van der Waals surface area contributed by atoms with Gasteiger partial charge in [0.25, 0.3) is 0 Å². The molecule has 2 heterocycles. The second-order valence-electron chi connectivity index (χ2n) is 4.98. The normalized spacial score (nSPS) is 23.2. The van der Waals surface area contributed by atoms with Crippen LogP contribution in [0.4, 0.5) is 5.69 Å². The molecule has 1 saturated heterocycles. The lowest BCUT2D eigenvalue weighted by Crippen LogP contribution is -2.41. The van der Waals surface area contributed by atoms with Crippen LogP contribution in [0, 0.1) is 11.3 Å². The van der Waals surface area contributed by atoms with Crippen LogP contribution in [-0.4, -0.2) is 30.4 Å². The van der Waals surface area contributed by atoms with Crippen LogP contribution in [-0.2, 0) is 11.3 Å². The van der Waals surface area contributed by atoms with Crippen LogP contribution in [0.1, 0.15) is 24.0 Å². The summed E-state index contributed by atoms with van der Waals surface area (Å²) in [7, 11) is 1.83. The maximum absolute atomic E-state index is 12.4. The van der Waals surface area contributed by atoms with E-state index in [2.05, 4.69) is 11.0 Å². The number of hydrogen-bond acceptors (Lipinski definition) is 3. The van der Waals surface area contributed by atoms with Gasteiger partial charge >= 0.3 is 0 Å². The van der Waals surface area contributed by atoms with E-state index in [1.807, 2.05) is 19.2 Å². The Morgan fingerprint density at radius 2 is 2.28 bits per heavy atom. The highest BCUT2D eigenvalue weighted by Gasteiger charge is 2.36. The molecule has 1 amide bonds. The molecule has 1 aromatic rings. The van der Waals surface area contributed by atoms with Crippen LogP contribution in [0.25, 0.3) is 0 Å². The number of rotatable bonds is 0. The van der Waals surface area contributed by atoms with Gasteiger partial charge in [-0.2, -0.15) is 5.26 Å². The van der Waals surface area contributed by atoms with Crippen LogP contribution >= 0.6 is 0 Å². The first-order valence-corrected chi connectivity index (χ1v) is 6.25. The van der Waals surface area contributed by atoms with Gasteiger partial charge in [0.05, 0.1) is 17.7 Å². The molecule has 2 aliphatic rings. The minimum Gasteiger partial charge on any atom is -0.314 e. The van der Waals surface area contributed by atoms with Gasteiger partial charge in [0, 0.05) is 19.3 Å². The van der Waals surface area contributed by atoms with Crippen molar-refractivity contribution in [1.82, 2.24) is 4.90 Å². The molecule has 0 saturated carbocycles. The van der Waals surface area contributed by atoms with E-state index in [4.69, 9.17) is 5.26 Å². The average molecular weight is 241 g/mol. The number of nitrogens with zero attached hydrogens (tertiary/aromatic N) is 3. The highest BCUT2D eigenvalue weighted by atomic mass is 16.2. The van der Waals surface area contributed by atoms with Gasteiger partial charge in [-0.05, 0) is 43.1 Å². The van der Waals surface area contributed by atoms with E-state index in [1.165, 1.54) is 0 Å². The van der Waals surface area contributed by atoms with Crippen molar-refractivity contribution >= 4 is 11.6 Å². The van der Waals surface area contributed by atoms with Crippen LogP contribution in [0.5, 0.6) is 0 Å². The van der Waals surface area contributed by atoms with E-state index in [9.17, 15) is 4.79 Å². The Bertz CT molecular complexity index is 546. The first kappa shape index (κ1) is 11.2. The second kappa shape index (κ2) is 4.11. The van der Waals surface area contributed by atoms with E-state index < -0.39 is 0 Å². The fourth-order valence-electron chi connectivity index (χ4n) is 2.97. The topological polar surface area (TPSA) is 47.3 Å². The van der Waals surface area contributed by atoms with Gasteiger partial charge in [-0.25, -0.2) is 0 Å². The maximum Gasteiger partial charge on any atom is 0.244 e. The first-order valence-electron chi connectivity index (χ1n) is 6.25. The zero-order valence-electron chi connectivity index (χ0n) is 10.4. The lowest BCUT2D eigenvalue weighted by molar-refractivity contribution is -0.122. The summed E-state index contributed by atoms with van der Waals surface area (Å²) in [6.07, 6.45) is 2.03. The monoisotopic (exact) mass is 241 g/mol. The number of carbonyl (C=O) groups is 1. The summed E-state index contributed by atoms with van der Waals surface area (Å²) in [5.41, 5.74) is 2.68. The minimum atomic E-state index is 0.0212. The number of likely N-dealkylation sites (N-methyl/N-ethyl adjacent to an activating group) is 1. The lowest BCUT2D eigenvalue weighted by Gasteiger charge is -2.22. The Labute approximate surface area is 106 Å². The number of nitriles is 1. The molecule has 0 aromatic heterocycles. The molecule has 1 atom stereocenters. The SMILES string of the molecule is CN1C(=O)C2CCCN2Cc2cc(C#N)ccc21. The van der Waals surface area contributed by atoms with E-state index >= 15 is 0 Å². The third kappa shape index (κ3) is 1.59. The predicted octanol–water partition coefficient (Wildman–Crippen LogP) is 1.50. The Kier molecular flexibility index (Phi) is 2.57. The molecular formula is C14H15N3O. The molecule has 1 fully saturated rings. The summed E-state index contributed by atoms with van der Waals surface area (Å²) in [4.78, 5) is 16.3. The van der Waals surface area contributed by atoms with E-state index in [-0.39, 0.29) is 11.9 Å². The summed E-state index contributed by atoms with van der Waals surface area (Å²) in [6, 6.07) is 7.74. The first-order chi connectivity index (χ1) is 8.70. The molecule has 4 nitrogen and oxygen atoms in total. The zero-order chi connectivity index (χ0) is 12.7. The molecule has 3 rings (SSSR count). The molecule has 1 unspecified atom stereocenters. The summed E-state index contributed by atoms with van der Waals surface area (Å²) in [6.45, 7) is 1.74. The Balaban J connectivity index is 2.08. The minimum absolute atomic E-state index is 0.0212. The van der Waals surface area contributed by atoms with Crippen LogP contribution in [0.3, 0.4) is 0 Å². The summed E-state index contributed by atoms with van der Waals surface area (Å²) >= 11 is 0. The second-order valence-corrected chi connectivity index (χ2v) is 4.98. The molecule has 92 valence electrons. The van der Waals surface area contributed by atoms with Crippen molar-refractivity contribution in [2.24, 2.45) is 0 Å². The highest BCUT2D eigenvalue weighted by Crippen LogP contribution is 2.31. The maximum atomic E-state index is 12.4. The number of hydrogen-bond donors (Lipinski definition) is 0. The molecule has 2 aliphatic heterocycles. The van der Waals surface area contributed by atoms with Gasteiger partial charge in [0.2, 0.25) is 5.91 Å². The Morgan fingerprint density at radius 3 is 3.06 bits per heavy atom. The number of amides is 1. The molecule has 0 spiro atoms. The number of anilines is 1.